The number of nitrogens with zero attached hydrogens (tertiary/aromatic N) is 2. The van der Waals surface area contributed by atoms with E-state index < -0.39 is 0 Å². The van der Waals surface area contributed by atoms with Crippen molar-refractivity contribution in [1.29, 1.82) is 0 Å². The first-order valence-corrected chi connectivity index (χ1v) is 23.6. The van der Waals surface area contributed by atoms with Gasteiger partial charge in [0.2, 0.25) is 0 Å². The molecule has 8 aromatic carbocycles. The third-order valence-corrected chi connectivity index (χ3v) is 17.1. The molecule has 0 saturated heterocycles. The van der Waals surface area contributed by atoms with Gasteiger partial charge in [0.1, 0.15) is 0 Å². The maximum Gasteiger partial charge on any atom is 0.0561 e. The molecule has 14 rings (SSSR count). The van der Waals surface area contributed by atoms with Gasteiger partial charge in [-0.25, -0.2) is 0 Å². The highest BCUT2D eigenvalue weighted by Crippen LogP contribution is 2.66. The summed E-state index contributed by atoms with van der Waals surface area (Å²) >= 11 is 1.88. The molecule has 3 heteroatoms. The first-order chi connectivity index (χ1) is 30.7. The topological polar surface area (TPSA) is 8.17 Å². The van der Waals surface area contributed by atoms with E-state index >= 15 is 0 Å². The molecule has 1 spiro atoms. The Bertz CT molecular complexity index is 3410. The van der Waals surface area contributed by atoms with Crippen LogP contribution in [0.25, 0.3) is 69.9 Å². The third-order valence-electron chi connectivity index (χ3n) is 15.9. The highest BCUT2D eigenvalue weighted by Gasteiger charge is 2.57. The van der Waals surface area contributed by atoms with Crippen molar-refractivity contribution < 1.29 is 0 Å². The molecule has 5 atom stereocenters. The Balaban J connectivity index is 0.902. The fraction of sp³-hybridized carbons (Fsp3) is 0.186. The number of thiophene rings is 1. The van der Waals surface area contributed by atoms with Crippen molar-refractivity contribution in [3.8, 4) is 27.9 Å². The largest absolute Gasteiger partial charge is 0.310 e. The predicted octanol–water partition coefficient (Wildman–Crippen LogP) is 16.4. The van der Waals surface area contributed by atoms with Gasteiger partial charge in [-0.15, -0.1) is 11.3 Å². The van der Waals surface area contributed by atoms with E-state index in [2.05, 4.69) is 191 Å². The minimum Gasteiger partial charge on any atom is -0.310 e. The Hall–Kier alpha value is -6.42. The molecule has 10 aromatic rings. The number of aromatic nitrogens is 1. The number of para-hydroxylation sites is 2. The number of hydrogen-bond acceptors (Lipinski definition) is 2. The smallest absolute Gasteiger partial charge is 0.0561 e. The van der Waals surface area contributed by atoms with Gasteiger partial charge in [0, 0.05) is 59.1 Å². The molecule has 4 aliphatic rings. The first kappa shape index (κ1) is 35.2. The van der Waals surface area contributed by atoms with Crippen LogP contribution in [0.1, 0.15) is 49.7 Å². The monoisotopic (exact) mass is 814 g/mol. The molecule has 0 aliphatic heterocycles. The molecule has 0 radical (unpaired) electrons. The Kier molecular flexibility index (Phi) is 7.55. The molecular weight excluding hydrogens is 769 g/mol. The molecule has 62 heavy (non-hydrogen) atoms. The van der Waals surface area contributed by atoms with E-state index in [1.165, 1.54) is 108 Å². The summed E-state index contributed by atoms with van der Waals surface area (Å²) in [4.78, 5) is 2.46. The van der Waals surface area contributed by atoms with Gasteiger partial charge in [-0.05, 0) is 156 Å². The summed E-state index contributed by atoms with van der Waals surface area (Å²) in [5.41, 5.74) is 15.9. The van der Waals surface area contributed by atoms with Gasteiger partial charge in [-0.1, -0.05) is 122 Å². The SMILES string of the molecule is c1ccc(-n2c3ccccc3c3ccc(N(c4ccc(-c5ccc6c(c5)-c5ccccc5C65CC6CCC7CC6CC5C7)cc4)c4ccc5c(c4)sc4ccccc45)cc32)cc1. The molecular formula is C59H46N2S. The zero-order valence-electron chi connectivity index (χ0n) is 34.7. The van der Waals surface area contributed by atoms with Gasteiger partial charge in [0.25, 0.3) is 0 Å². The van der Waals surface area contributed by atoms with Gasteiger partial charge >= 0.3 is 0 Å². The van der Waals surface area contributed by atoms with E-state index in [1.54, 1.807) is 11.1 Å². The number of rotatable bonds is 5. The highest BCUT2D eigenvalue weighted by atomic mass is 32.1. The quantitative estimate of drug-likeness (QED) is 0.168. The van der Waals surface area contributed by atoms with Crippen molar-refractivity contribution in [3.05, 3.63) is 193 Å². The van der Waals surface area contributed by atoms with Crippen LogP contribution >= 0.6 is 11.3 Å². The fourth-order valence-corrected chi connectivity index (χ4v) is 14.5. The molecule has 3 fully saturated rings. The summed E-state index contributed by atoms with van der Waals surface area (Å²) in [6.45, 7) is 0. The van der Waals surface area contributed by atoms with Crippen LogP contribution in [0.5, 0.6) is 0 Å². The zero-order valence-corrected chi connectivity index (χ0v) is 35.5. The average Bonchev–Trinajstić information content (AvgIpc) is 3.96. The standard InChI is InChI=1S/C59H46N2S/c1-2-10-43(11-3-1)61-55-16-8-5-13-48(55)49-27-25-45(34-56(49)61)60(46-26-28-51-50-14-6-9-17-57(50)62-58(51)35-46)44-23-20-38(21-24-44)39-22-29-54-52(33-39)47-12-4-7-15-53(47)59(54)36-40-19-18-37-30-41(40)32-42(59)31-37/h1-17,20-29,33-35,37,40-42H,18-19,30-32,36H2. The summed E-state index contributed by atoms with van der Waals surface area (Å²) < 4.78 is 5.05. The van der Waals surface area contributed by atoms with E-state index in [-0.39, 0.29) is 5.41 Å². The molecule has 5 unspecified atom stereocenters. The maximum atomic E-state index is 2.55. The molecule has 2 heterocycles. The van der Waals surface area contributed by atoms with Gasteiger partial charge in [0.05, 0.1) is 11.0 Å². The average molecular weight is 815 g/mol. The Morgan fingerprint density at radius 1 is 0.468 bits per heavy atom. The van der Waals surface area contributed by atoms with Gasteiger partial charge < -0.3 is 9.47 Å². The molecule has 2 nitrogen and oxygen atoms in total. The molecule has 0 N–H and O–H groups in total. The van der Waals surface area contributed by atoms with Crippen molar-refractivity contribution in [2.75, 3.05) is 4.90 Å². The second-order valence-corrected chi connectivity index (χ2v) is 20.0. The lowest BCUT2D eigenvalue weighted by Crippen LogP contribution is -2.50. The van der Waals surface area contributed by atoms with Crippen molar-refractivity contribution >= 4 is 70.4 Å². The summed E-state index contributed by atoms with van der Waals surface area (Å²) in [6.07, 6.45) is 8.56. The molecule has 298 valence electrons. The highest BCUT2D eigenvalue weighted by molar-refractivity contribution is 7.25. The first-order valence-electron chi connectivity index (χ1n) is 22.8. The normalized spacial score (nSPS) is 22.2. The van der Waals surface area contributed by atoms with Gasteiger partial charge in [0.15, 0.2) is 0 Å². The van der Waals surface area contributed by atoms with E-state index in [1.807, 2.05) is 11.3 Å². The summed E-state index contributed by atoms with van der Waals surface area (Å²) in [6, 6.07) is 68.8. The lowest BCUT2D eigenvalue weighted by molar-refractivity contribution is -0.0103. The van der Waals surface area contributed by atoms with Crippen LogP contribution in [-0.2, 0) is 5.41 Å². The fourth-order valence-electron chi connectivity index (χ4n) is 13.3. The van der Waals surface area contributed by atoms with Crippen LogP contribution in [-0.4, -0.2) is 4.57 Å². The predicted molar refractivity (Wildman–Crippen MR) is 262 cm³/mol. The van der Waals surface area contributed by atoms with Crippen LogP contribution < -0.4 is 4.90 Å². The van der Waals surface area contributed by atoms with E-state index in [4.69, 9.17) is 0 Å². The van der Waals surface area contributed by atoms with Crippen molar-refractivity contribution in [1.82, 2.24) is 4.57 Å². The molecule has 3 saturated carbocycles. The minimum atomic E-state index is 0.178. The van der Waals surface area contributed by atoms with Crippen molar-refractivity contribution in [2.45, 2.75) is 43.9 Å². The minimum absolute atomic E-state index is 0.178. The molecule has 3 bridgehead atoms. The van der Waals surface area contributed by atoms with Gasteiger partial charge in [-0.2, -0.15) is 0 Å². The Labute approximate surface area is 366 Å². The van der Waals surface area contributed by atoms with Crippen LogP contribution in [0, 0.1) is 23.7 Å². The van der Waals surface area contributed by atoms with Crippen LogP contribution in [0.2, 0.25) is 0 Å². The molecule has 2 aromatic heterocycles. The van der Waals surface area contributed by atoms with Crippen LogP contribution in [0.3, 0.4) is 0 Å². The molecule has 4 aliphatic carbocycles. The van der Waals surface area contributed by atoms with Crippen molar-refractivity contribution in [3.63, 3.8) is 0 Å². The second kappa shape index (κ2) is 13.3. The number of benzene rings is 8. The Morgan fingerprint density at radius 3 is 2.06 bits per heavy atom. The Morgan fingerprint density at radius 2 is 1.16 bits per heavy atom. The lowest BCUT2D eigenvalue weighted by Gasteiger charge is -2.57. The summed E-state index contributed by atoms with van der Waals surface area (Å²) in [5, 5.41) is 5.16. The van der Waals surface area contributed by atoms with E-state index in [0.29, 0.717) is 0 Å². The molecule has 0 amide bonds. The third kappa shape index (κ3) is 5.03. The maximum absolute atomic E-state index is 2.55. The van der Waals surface area contributed by atoms with E-state index in [0.717, 1.165) is 40.7 Å². The number of anilines is 3. The summed E-state index contributed by atoms with van der Waals surface area (Å²) in [7, 11) is 0. The summed E-state index contributed by atoms with van der Waals surface area (Å²) in [5.74, 6) is 3.53. The van der Waals surface area contributed by atoms with Crippen molar-refractivity contribution in [2.24, 2.45) is 23.7 Å². The zero-order chi connectivity index (χ0) is 40.5. The van der Waals surface area contributed by atoms with Crippen LogP contribution in [0.15, 0.2) is 182 Å². The number of hydrogen-bond donors (Lipinski definition) is 0. The number of fused-ring (bicyclic) bond motifs is 14. The van der Waals surface area contributed by atoms with E-state index in [9.17, 15) is 0 Å². The second-order valence-electron chi connectivity index (χ2n) is 18.9. The lowest BCUT2D eigenvalue weighted by atomic mass is 9.47. The van der Waals surface area contributed by atoms with Crippen LogP contribution in [0.4, 0.5) is 17.1 Å². The van der Waals surface area contributed by atoms with Gasteiger partial charge in [-0.3, -0.25) is 0 Å².